The van der Waals surface area contributed by atoms with E-state index in [9.17, 15) is 0 Å². The van der Waals surface area contributed by atoms with Gasteiger partial charge in [-0.2, -0.15) is 0 Å². The topological polar surface area (TPSA) is 0 Å². The Labute approximate surface area is 50.2 Å². The van der Waals surface area contributed by atoms with Crippen LogP contribution in [-0.2, 0) is 0 Å². The van der Waals surface area contributed by atoms with E-state index in [0.29, 0.717) is 0 Å². The zero-order valence-corrected chi connectivity index (χ0v) is 5.15. The third-order valence-electron chi connectivity index (χ3n) is 1.46. The number of allylic oxidation sites excluding steroid dienone is 5. The Morgan fingerprint density at radius 1 is 1.75 bits per heavy atom. The van der Waals surface area contributed by atoms with E-state index in [1.54, 1.807) is 0 Å². The average Bonchev–Trinajstić information content (AvgIpc) is 2.14. The first kappa shape index (κ1) is 5.36. The van der Waals surface area contributed by atoms with E-state index in [1.165, 1.54) is 11.1 Å². The Kier molecular flexibility index (Phi) is 1.34. The lowest BCUT2D eigenvalue weighted by atomic mass is 10.2. The number of hydrogen-bond donors (Lipinski definition) is 0. The standard InChI is InChI=1S/C8H10/c1-3-8-6-4-5-7(8)2/h3-5H,1,6H2,2H3. The third-order valence-corrected chi connectivity index (χ3v) is 1.46. The lowest BCUT2D eigenvalue weighted by molar-refractivity contribution is 1.30. The molecule has 0 aromatic carbocycles. The molecule has 0 N–H and O–H groups in total. The molecular formula is C8H10. The summed E-state index contributed by atoms with van der Waals surface area (Å²) in [4.78, 5) is 0. The normalized spacial score (nSPS) is 17.6. The molecule has 0 amide bonds. The van der Waals surface area contributed by atoms with Crippen molar-refractivity contribution in [3.05, 3.63) is 36.0 Å². The first-order valence-corrected chi connectivity index (χ1v) is 2.83. The predicted molar refractivity (Wildman–Crippen MR) is 36.7 cm³/mol. The average molecular weight is 106 g/mol. The highest BCUT2D eigenvalue weighted by molar-refractivity contribution is 5.37. The second-order valence-electron chi connectivity index (χ2n) is 2.02. The van der Waals surface area contributed by atoms with E-state index in [0.717, 1.165) is 6.42 Å². The van der Waals surface area contributed by atoms with Gasteiger partial charge in [0.2, 0.25) is 0 Å². The molecule has 0 aromatic heterocycles. The second-order valence-corrected chi connectivity index (χ2v) is 2.02. The van der Waals surface area contributed by atoms with Gasteiger partial charge in [-0.25, -0.2) is 0 Å². The summed E-state index contributed by atoms with van der Waals surface area (Å²) in [6, 6.07) is 0. The van der Waals surface area contributed by atoms with E-state index in [1.807, 2.05) is 6.08 Å². The summed E-state index contributed by atoms with van der Waals surface area (Å²) in [5, 5.41) is 0. The minimum Gasteiger partial charge on any atom is -0.0988 e. The second kappa shape index (κ2) is 1.99. The Balaban J connectivity index is 2.82. The van der Waals surface area contributed by atoms with Gasteiger partial charge in [0.25, 0.3) is 0 Å². The summed E-state index contributed by atoms with van der Waals surface area (Å²) >= 11 is 0. The van der Waals surface area contributed by atoms with E-state index >= 15 is 0 Å². The van der Waals surface area contributed by atoms with Gasteiger partial charge in [0, 0.05) is 0 Å². The highest BCUT2D eigenvalue weighted by Crippen LogP contribution is 2.17. The van der Waals surface area contributed by atoms with Gasteiger partial charge in [-0.3, -0.25) is 0 Å². The fourth-order valence-electron chi connectivity index (χ4n) is 0.875. The van der Waals surface area contributed by atoms with Crippen LogP contribution in [0, 0.1) is 0 Å². The van der Waals surface area contributed by atoms with Gasteiger partial charge in [-0.1, -0.05) is 24.8 Å². The highest BCUT2D eigenvalue weighted by Gasteiger charge is 1.98. The SMILES string of the molecule is C=CC1=C(C)C=CC1. The minimum absolute atomic E-state index is 1.08. The lowest BCUT2D eigenvalue weighted by Gasteiger charge is -1.90. The van der Waals surface area contributed by atoms with Crippen LogP contribution in [0.5, 0.6) is 0 Å². The Morgan fingerprint density at radius 2 is 2.50 bits per heavy atom. The van der Waals surface area contributed by atoms with Crippen molar-refractivity contribution < 1.29 is 0 Å². The van der Waals surface area contributed by atoms with Crippen molar-refractivity contribution in [1.29, 1.82) is 0 Å². The maximum absolute atomic E-state index is 3.70. The zero-order valence-electron chi connectivity index (χ0n) is 5.15. The Bertz CT molecular complexity index is 159. The van der Waals surface area contributed by atoms with E-state index < -0.39 is 0 Å². The third kappa shape index (κ3) is 0.738. The predicted octanol–water partition coefficient (Wildman–Crippen LogP) is 2.45. The van der Waals surface area contributed by atoms with Gasteiger partial charge in [0.1, 0.15) is 0 Å². The summed E-state index contributed by atoms with van der Waals surface area (Å²) in [6.45, 7) is 5.81. The first-order chi connectivity index (χ1) is 3.84. The molecule has 0 bridgehead atoms. The van der Waals surface area contributed by atoms with Crippen molar-refractivity contribution in [2.45, 2.75) is 13.3 Å². The van der Waals surface area contributed by atoms with Crippen LogP contribution >= 0.6 is 0 Å². The molecule has 0 fully saturated rings. The van der Waals surface area contributed by atoms with Crippen LogP contribution in [-0.4, -0.2) is 0 Å². The molecule has 8 heavy (non-hydrogen) atoms. The van der Waals surface area contributed by atoms with Crippen LogP contribution in [0.4, 0.5) is 0 Å². The van der Waals surface area contributed by atoms with Gasteiger partial charge >= 0.3 is 0 Å². The van der Waals surface area contributed by atoms with Crippen LogP contribution in [0.2, 0.25) is 0 Å². The molecule has 0 heteroatoms. The molecule has 0 radical (unpaired) electrons. The first-order valence-electron chi connectivity index (χ1n) is 2.83. The molecule has 0 atom stereocenters. The molecule has 0 aromatic rings. The van der Waals surface area contributed by atoms with Crippen LogP contribution in [0.25, 0.3) is 0 Å². The Hall–Kier alpha value is -0.780. The molecule has 0 saturated heterocycles. The van der Waals surface area contributed by atoms with Crippen molar-refractivity contribution in [2.24, 2.45) is 0 Å². The molecule has 1 aliphatic carbocycles. The molecule has 0 heterocycles. The molecular weight excluding hydrogens is 96.1 g/mol. The van der Waals surface area contributed by atoms with Crippen molar-refractivity contribution in [3.8, 4) is 0 Å². The van der Waals surface area contributed by atoms with Gasteiger partial charge < -0.3 is 0 Å². The van der Waals surface area contributed by atoms with Gasteiger partial charge in [-0.05, 0) is 24.5 Å². The lowest BCUT2D eigenvalue weighted by Crippen LogP contribution is -1.70. The molecule has 0 unspecified atom stereocenters. The van der Waals surface area contributed by atoms with Crippen molar-refractivity contribution in [2.75, 3.05) is 0 Å². The molecule has 1 rings (SSSR count). The summed E-state index contributed by atoms with van der Waals surface area (Å²) in [5.41, 5.74) is 2.73. The smallest absolute Gasteiger partial charge is 0.00918 e. The van der Waals surface area contributed by atoms with Crippen molar-refractivity contribution in [1.82, 2.24) is 0 Å². The number of rotatable bonds is 1. The summed E-state index contributed by atoms with van der Waals surface area (Å²) < 4.78 is 0. The molecule has 1 aliphatic rings. The van der Waals surface area contributed by atoms with Crippen LogP contribution < -0.4 is 0 Å². The maximum Gasteiger partial charge on any atom is -0.00918 e. The van der Waals surface area contributed by atoms with E-state index in [2.05, 4.69) is 25.7 Å². The molecule has 0 saturated carbocycles. The monoisotopic (exact) mass is 106 g/mol. The summed E-state index contributed by atoms with van der Waals surface area (Å²) in [5.74, 6) is 0. The van der Waals surface area contributed by atoms with Crippen LogP contribution in [0.3, 0.4) is 0 Å². The highest BCUT2D eigenvalue weighted by atomic mass is 14.0. The van der Waals surface area contributed by atoms with Gasteiger partial charge in [-0.15, -0.1) is 0 Å². The molecule has 0 nitrogen and oxygen atoms in total. The Morgan fingerprint density at radius 3 is 2.75 bits per heavy atom. The quantitative estimate of drug-likeness (QED) is 0.481. The summed E-state index contributed by atoms with van der Waals surface area (Å²) in [7, 11) is 0. The largest absolute Gasteiger partial charge is 0.0988 e. The summed E-state index contributed by atoms with van der Waals surface area (Å²) in [6.07, 6.45) is 7.30. The maximum atomic E-state index is 3.70. The molecule has 0 spiro atoms. The minimum atomic E-state index is 1.08. The van der Waals surface area contributed by atoms with Gasteiger partial charge in [0.15, 0.2) is 0 Å². The zero-order chi connectivity index (χ0) is 5.98. The molecule has 42 valence electrons. The van der Waals surface area contributed by atoms with Crippen molar-refractivity contribution in [3.63, 3.8) is 0 Å². The van der Waals surface area contributed by atoms with Gasteiger partial charge in [0.05, 0.1) is 0 Å². The fraction of sp³-hybridized carbons (Fsp3) is 0.250. The van der Waals surface area contributed by atoms with Crippen LogP contribution in [0.1, 0.15) is 13.3 Å². The van der Waals surface area contributed by atoms with E-state index in [-0.39, 0.29) is 0 Å². The van der Waals surface area contributed by atoms with Crippen LogP contribution in [0.15, 0.2) is 36.0 Å². The fourth-order valence-corrected chi connectivity index (χ4v) is 0.875. The van der Waals surface area contributed by atoms with Crippen molar-refractivity contribution >= 4 is 0 Å². The number of hydrogen-bond acceptors (Lipinski definition) is 0. The van der Waals surface area contributed by atoms with E-state index in [4.69, 9.17) is 0 Å². The molecule has 0 aliphatic heterocycles.